The van der Waals surface area contributed by atoms with E-state index in [1.165, 1.54) is 31.3 Å². The normalized spacial score (nSPS) is 11.6. The molecule has 0 fully saturated rings. The molecule has 0 atom stereocenters. The molecule has 4 nitrogen and oxygen atoms in total. The van der Waals surface area contributed by atoms with E-state index < -0.39 is 0 Å². The van der Waals surface area contributed by atoms with Crippen molar-refractivity contribution in [2.45, 2.75) is 0 Å². The molecule has 50 heavy (non-hydrogen) atoms. The van der Waals surface area contributed by atoms with Gasteiger partial charge in [0.1, 0.15) is 11.2 Å². The van der Waals surface area contributed by atoms with Crippen LogP contribution in [0, 0.1) is 0 Å². The number of rotatable bonds is 5. The smallest absolute Gasteiger partial charge is 0.164 e. The van der Waals surface area contributed by atoms with E-state index in [2.05, 4.69) is 97.1 Å². The highest BCUT2D eigenvalue weighted by atomic mass is 32.1. The fraction of sp³-hybridized carbons (Fsp3) is 0. The molecule has 0 bridgehead atoms. The first-order valence-electron chi connectivity index (χ1n) is 16.6. The van der Waals surface area contributed by atoms with E-state index in [0.29, 0.717) is 17.5 Å². The summed E-state index contributed by atoms with van der Waals surface area (Å²) in [4.78, 5) is 14.8. The van der Waals surface area contributed by atoms with Crippen LogP contribution in [0.3, 0.4) is 0 Å². The van der Waals surface area contributed by atoms with Crippen molar-refractivity contribution < 1.29 is 4.42 Å². The van der Waals surface area contributed by atoms with Crippen LogP contribution in [0.15, 0.2) is 168 Å². The molecule has 10 aromatic rings. The molecule has 3 heterocycles. The quantitative estimate of drug-likeness (QED) is 0.185. The zero-order valence-electron chi connectivity index (χ0n) is 26.7. The van der Waals surface area contributed by atoms with E-state index in [9.17, 15) is 0 Å². The molecule has 0 saturated carbocycles. The predicted octanol–water partition coefficient (Wildman–Crippen LogP) is 12.5. The lowest BCUT2D eigenvalue weighted by Gasteiger charge is -2.09. The van der Waals surface area contributed by atoms with E-state index >= 15 is 0 Å². The third-order valence-corrected chi connectivity index (χ3v) is 10.5. The molecule has 0 unspecified atom stereocenters. The average Bonchev–Trinajstić information content (AvgIpc) is 3.76. The summed E-state index contributed by atoms with van der Waals surface area (Å²) < 4.78 is 9.01. The minimum Gasteiger partial charge on any atom is -0.455 e. The maximum Gasteiger partial charge on any atom is 0.164 e. The van der Waals surface area contributed by atoms with Gasteiger partial charge in [0.25, 0.3) is 0 Å². The van der Waals surface area contributed by atoms with Crippen molar-refractivity contribution in [1.82, 2.24) is 15.0 Å². The summed E-state index contributed by atoms with van der Waals surface area (Å²) in [6.07, 6.45) is 0. The highest BCUT2D eigenvalue weighted by Gasteiger charge is 2.18. The number of aromatic nitrogens is 3. The molecule has 0 aliphatic heterocycles. The molecule has 0 amide bonds. The summed E-state index contributed by atoms with van der Waals surface area (Å²) in [7, 11) is 0. The minimum atomic E-state index is 0.656. The Kier molecular flexibility index (Phi) is 6.64. The van der Waals surface area contributed by atoms with Crippen molar-refractivity contribution in [1.29, 1.82) is 0 Å². The van der Waals surface area contributed by atoms with Crippen molar-refractivity contribution in [3.05, 3.63) is 164 Å². The first kappa shape index (κ1) is 28.6. The van der Waals surface area contributed by atoms with Gasteiger partial charge in [0.2, 0.25) is 0 Å². The summed E-state index contributed by atoms with van der Waals surface area (Å²) in [5, 5.41) is 4.72. The molecular formula is C45H27N3OS. The van der Waals surface area contributed by atoms with Crippen LogP contribution in [0.4, 0.5) is 0 Å². The Balaban J connectivity index is 1.10. The fourth-order valence-electron chi connectivity index (χ4n) is 6.94. The van der Waals surface area contributed by atoms with Crippen LogP contribution in [0.5, 0.6) is 0 Å². The first-order valence-corrected chi connectivity index (χ1v) is 17.4. The van der Waals surface area contributed by atoms with E-state index in [1.54, 1.807) is 11.3 Å². The Morgan fingerprint density at radius 2 is 0.880 bits per heavy atom. The molecule has 0 aliphatic carbocycles. The monoisotopic (exact) mass is 657 g/mol. The zero-order valence-corrected chi connectivity index (χ0v) is 27.6. The second kappa shape index (κ2) is 11.6. The Hall–Kier alpha value is -6.43. The van der Waals surface area contributed by atoms with Gasteiger partial charge in [-0.1, -0.05) is 140 Å². The number of furan rings is 1. The fourth-order valence-corrected chi connectivity index (χ4v) is 8.12. The van der Waals surface area contributed by atoms with E-state index in [0.717, 1.165) is 49.8 Å². The lowest BCUT2D eigenvalue weighted by atomic mass is 9.94. The van der Waals surface area contributed by atoms with E-state index in [-0.39, 0.29) is 0 Å². The molecule has 10 rings (SSSR count). The van der Waals surface area contributed by atoms with Gasteiger partial charge in [-0.15, -0.1) is 11.3 Å². The maximum atomic E-state index is 6.60. The van der Waals surface area contributed by atoms with Gasteiger partial charge in [-0.05, 0) is 41.0 Å². The van der Waals surface area contributed by atoms with Crippen LogP contribution in [0.1, 0.15) is 0 Å². The Morgan fingerprint density at radius 1 is 0.380 bits per heavy atom. The molecule has 0 radical (unpaired) electrons. The lowest BCUT2D eigenvalue weighted by molar-refractivity contribution is 0.670. The van der Waals surface area contributed by atoms with Crippen molar-refractivity contribution in [2.75, 3.05) is 0 Å². The molecule has 7 aromatic carbocycles. The molecule has 0 N–H and O–H groups in total. The Morgan fingerprint density at radius 3 is 1.52 bits per heavy atom. The summed E-state index contributed by atoms with van der Waals surface area (Å²) in [5.74, 6) is 1.97. The highest BCUT2D eigenvalue weighted by Crippen LogP contribution is 2.44. The van der Waals surface area contributed by atoms with Crippen molar-refractivity contribution in [3.8, 4) is 56.4 Å². The SMILES string of the molecule is c1ccc(-c2nc(-c3ccccc3)nc(-c3ccc4c(c3)sc3cc(-c5ccc(-c6ccccc6)c6c5oc5ccccc56)ccc34)n2)cc1. The maximum absolute atomic E-state index is 6.60. The molecule has 0 spiro atoms. The van der Waals surface area contributed by atoms with Crippen LogP contribution in [0.2, 0.25) is 0 Å². The van der Waals surface area contributed by atoms with Crippen LogP contribution in [0.25, 0.3) is 98.5 Å². The molecular weight excluding hydrogens is 631 g/mol. The zero-order chi connectivity index (χ0) is 33.0. The second-order valence-corrected chi connectivity index (χ2v) is 13.5. The third kappa shape index (κ3) is 4.79. The van der Waals surface area contributed by atoms with Crippen molar-refractivity contribution >= 4 is 53.4 Å². The van der Waals surface area contributed by atoms with Gasteiger partial charge in [-0.25, -0.2) is 15.0 Å². The molecule has 5 heteroatoms. The van der Waals surface area contributed by atoms with E-state index in [4.69, 9.17) is 19.4 Å². The van der Waals surface area contributed by atoms with Gasteiger partial charge in [-0.2, -0.15) is 0 Å². The Bertz CT molecular complexity index is 2800. The number of hydrogen-bond acceptors (Lipinski definition) is 5. The van der Waals surface area contributed by atoms with Gasteiger partial charge in [0.05, 0.1) is 0 Å². The van der Waals surface area contributed by atoms with Crippen LogP contribution in [-0.4, -0.2) is 15.0 Å². The lowest BCUT2D eigenvalue weighted by Crippen LogP contribution is -1.99. The summed E-state index contributed by atoms with van der Waals surface area (Å²) in [6.45, 7) is 0. The number of para-hydroxylation sites is 1. The molecule has 3 aromatic heterocycles. The number of nitrogens with zero attached hydrogens (tertiary/aromatic N) is 3. The van der Waals surface area contributed by atoms with Gasteiger partial charge < -0.3 is 4.42 Å². The number of thiophene rings is 1. The van der Waals surface area contributed by atoms with Crippen LogP contribution >= 0.6 is 11.3 Å². The standard InChI is InChI=1S/C45H27N3OS/c1-4-12-28(13-5-1)33-24-25-34(42-41(33)37-18-10-11-19-38(37)49-42)31-20-22-35-36-23-21-32(27-40(36)50-39(35)26-31)45-47-43(29-14-6-2-7-15-29)46-44(48-45)30-16-8-3-9-17-30/h1-27H. The number of benzene rings is 7. The van der Waals surface area contributed by atoms with Crippen molar-refractivity contribution in [3.63, 3.8) is 0 Å². The van der Waals surface area contributed by atoms with Crippen LogP contribution in [-0.2, 0) is 0 Å². The summed E-state index contributed by atoms with van der Waals surface area (Å²) in [5.41, 5.74) is 9.25. The minimum absolute atomic E-state index is 0.656. The summed E-state index contributed by atoms with van der Waals surface area (Å²) in [6, 6.07) is 56.8. The molecule has 0 saturated heterocycles. The Labute approximate surface area is 292 Å². The summed E-state index contributed by atoms with van der Waals surface area (Å²) >= 11 is 1.79. The first-order chi connectivity index (χ1) is 24.8. The largest absolute Gasteiger partial charge is 0.455 e. The average molecular weight is 658 g/mol. The van der Waals surface area contributed by atoms with Gasteiger partial charge in [0, 0.05) is 53.2 Å². The molecule has 234 valence electrons. The topological polar surface area (TPSA) is 51.8 Å². The second-order valence-electron chi connectivity index (χ2n) is 12.4. The van der Waals surface area contributed by atoms with Crippen molar-refractivity contribution in [2.24, 2.45) is 0 Å². The third-order valence-electron chi connectivity index (χ3n) is 9.35. The highest BCUT2D eigenvalue weighted by molar-refractivity contribution is 7.25. The van der Waals surface area contributed by atoms with E-state index in [1.807, 2.05) is 66.7 Å². The van der Waals surface area contributed by atoms with Gasteiger partial charge in [-0.3, -0.25) is 0 Å². The van der Waals surface area contributed by atoms with Crippen LogP contribution < -0.4 is 0 Å². The number of fused-ring (bicyclic) bond motifs is 6. The predicted molar refractivity (Wildman–Crippen MR) is 207 cm³/mol. The van der Waals surface area contributed by atoms with Gasteiger partial charge >= 0.3 is 0 Å². The number of hydrogen-bond donors (Lipinski definition) is 0. The molecule has 0 aliphatic rings. The van der Waals surface area contributed by atoms with Gasteiger partial charge in [0.15, 0.2) is 17.5 Å².